The topological polar surface area (TPSA) is 41.1 Å². The van der Waals surface area contributed by atoms with Crippen molar-refractivity contribution in [1.29, 1.82) is 0 Å². The van der Waals surface area contributed by atoms with Crippen LogP contribution in [0.2, 0.25) is 0 Å². The van der Waals surface area contributed by atoms with Crippen LogP contribution in [-0.4, -0.2) is 31.2 Å². The van der Waals surface area contributed by atoms with Crippen molar-refractivity contribution in [2.24, 2.45) is 5.41 Å². The zero-order valence-corrected chi connectivity index (χ0v) is 10.2. The number of nitrogens with one attached hydrogen (secondary N) is 2. The predicted octanol–water partition coefficient (Wildman–Crippen LogP) is 1.83. The molecule has 100 valence electrons. The Labute approximate surface area is 99.1 Å². The monoisotopic (exact) mass is 252 g/mol. The van der Waals surface area contributed by atoms with E-state index < -0.39 is 17.5 Å². The molecule has 17 heavy (non-hydrogen) atoms. The van der Waals surface area contributed by atoms with Crippen molar-refractivity contribution in [3.8, 4) is 0 Å². The second kappa shape index (κ2) is 5.25. The minimum Gasteiger partial charge on any atom is -0.353 e. The lowest BCUT2D eigenvalue weighted by molar-refractivity contribution is -0.216. The van der Waals surface area contributed by atoms with E-state index in [-0.39, 0.29) is 25.6 Å². The molecule has 0 aliphatic carbocycles. The van der Waals surface area contributed by atoms with Gasteiger partial charge in [-0.05, 0) is 26.3 Å². The molecule has 1 saturated heterocycles. The van der Waals surface area contributed by atoms with E-state index in [2.05, 4.69) is 10.6 Å². The quantitative estimate of drug-likeness (QED) is 0.801. The van der Waals surface area contributed by atoms with Crippen LogP contribution < -0.4 is 10.6 Å². The van der Waals surface area contributed by atoms with E-state index in [4.69, 9.17) is 0 Å². The molecule has 2 atom stereocenters. The molecule has 0 aromatic carbocycles. The first-order valence-electron chi connectivity index (χ1n) is 5.92. The van der Waals surface area contributed by atoms with E-state index in [9.17, 15) is 18.0 Å². The van der Waals surface area contributed by atoms with Crippen LogP contribution >= 0.6 is 0 Å². The summed E-state index contributed by atoms with van der Waals surface area (Å²) in [5.41, 5.74) is -2.24. The van der Waals surface area contributed by atoms with Crippen molar-refractivity contribution in [2.75, 3.05) is 13.1 Å². The van der Waals surface area contributed by atoms with E-state index in [1.165, 1.54) is 0 Å². The molecule has 0 aromatic heterocycles. The number of hydrogen-bond acceptors (Lipinski definition) is 2. The normalized spacial score (nSPS) is 26.9. The Morgan fingerprint density at radius 1 is 1.53 bits per heavy atom. The standard InChI is InChI=1S/C11H19F3N2O/c1-3-4-8(2)16-9(17)10(11(12,13)14)5-6-15-7-10/h8,15H,3-7H2,1-2H3,(H,16,17). The smallest absolute Gasteiger partial charge is 0.353 e. The first-order valence-corrected chi connectivity index (χ1v) is 5.92. The van der Waals surface area contributed by atoms with E-state index in [1.54, 1.807) is 6.92 Å². The Kier molecular flexibility index (Phi) is 4.41. The highest BCUT2D eigenvalue weighted by Crippen LogP contribution is 2.43. The van der Waals surface area contributed by atoms with Gasteiger partial charge in [0, 0.05) is 12.6 Å². The van der Waals surface area contributed by atoms with Gasteiger partial charge in [-0.1, -0.05) is 13.3 Å². The SMILES string of the molecule is CCCC(C)NC(=O)C1(C(F)(F)F)CCNC1. The van der Waals surface area contributed by atoms with Crippen molar-refractivity contribution >= 4 is 5.91 Å². The average molecular weight is 252 g/mol. The Bertz CT molecular complexity index is 272. The molecule has 0 radical (unpaired) electrons. The largest absolute Gasteiger partial charge is 0.404 e. The minimum absolute atomic E-state index is 0.179. The summed E-state index contributed by atoms with van der Waals surface area (Å²) in [7, 11) is 0. The summed E-state index contributed by atoms with van der Waals surface area (Å²) in [6.07, 6.45) is -3.15. The molecule has 1 aliphatic rings. The van der Waals surface area contributed by atoms with Crippen LogP contribution in [0.1, 0.15) is 33.1 Å². The summed E-state index contributed by atoms with van der Waals surface area (Å²) in [5, 5.41) is 5.10. The summed E-state index contributed by atoms with van der Waals surface area (Å²) >= 11 is 0. The zero-order valence-electron chi connectivity index (χ0n) is 10.2. The van der Waals surface area contributed by atoms with Gasteiger partial charge in [0.05, 0.1) is 0 Å². The molecule has 2 N–H and O–H groups in total. The van der Waals surface area contributed by atoms with Crippen LogP contribution in [0.15, 0.2) is 0 Å². The van der Waals surface area contributed by atoms with Gasteiger partial charge in [0.25, 0.3) is 0 Å². The number of carbonyl (C=O) groups excluding carboxylic acids is 1. The van der Waals surface area contributed by atoms with Gasteiger partial charge in [-0.25, -0.2) is 0 Å². The second-order valence-electron chi connectivity index (χ2n) is 4.67. The third-order valence-electron chi connectivity index (χ3n) is 3.23. The molecule has 3 nitrogen and oxygen atoms in total. The van der Waals surface area contributed by atoms with E-state index in [1.807, 2.05) is 6.92 Å². The van der Waals surface area contributed by atoms with Gasteiger partial charge < -0.3 is 10.6 Å². The summed E-state index contributed by atoms with van der Waals surface area (Å²) in [6, 6.07) is -0.215. The molecule has 0 saturated carbocycles. The van der Waals surface area contributed by atoms with Gasteiger partial charge in [0.1, 0.15) is 0 Å². The number of halogens is 3. The first-order chi connectivity index (χ1) is 7.83. The number of rotatable bonds is 4. The highest BCUT2D eigenvalue weighted by Gasteiger charge is 2.61. The fraction of sp³-hybridized carbons (Fsp3) is 0.909. The van der Waals surface area contributed by atoms with Crippen molar-refractivity contribution in [3.63, 3.8) is 0 Å². The molecule has 1 rings (SSSR count). The summed E-state index contributed by atoms with van der Waals surface area (Å²) in [5.74, 6) is -0.893. The highest BCUT2D eigenvalue weighted by atomic mass is 19.4. The molecule has 0 bridgehead atoms. The summed E-state index contributed by atoms with van der Waals surface area (Å²) in [4.78, 5) is 11.8. The van der Waals surface area contributed by atoms with Gasteiger partial charge in [-0.2, -0.15) is 13.2 Å². The second-order valence-corrected chi connectivity index (χ2v) is 4.67. The fourth-order valence-electron chi connectivity index (χ4n) is 2.12. The molecule has 2 unspecified atom stereocenters. The van der Waals surface area contributed by atoms with E-state index in [0.29, 0.717) is 6.42 Å². The number of amides is 1. The lowest BCUT2D eigenvalue weighted by Crippen LogP contribution is -2.53. The first kappa shape index (κ1) is 14.3. The van der Waals surface area contributed by atoms with E-state index >= 15 is 0 Å². The van der Waals surface area contributed by atoms with Crippen LogP contribution in [0.25, 0.3) is 0 Å². The predicted molar refractivity (Wildman–Crippen MR) is 58.5 cm³/mol. The van der Waals surface area contributed by atoms with Gasteiger partial charge in [0.15, 0.2) is 5.41 Å². The van der Waals surface area contributed by atoms with Crippen LogP contribution in [0, 0.1) is 5.41 Å². The van der Waals surface area contributed by atoms with Crippen LogP contribution in [0.4, 0.5) is 13.2 Å². The van der Waals surface area contributed by atoms with Crippen LogP contribution in [-0.2, 0) is 4.79 Å². The fourth-order valence-corrected chi connectivity index (χ4v) is 2.12. The van der Waals surface area contributed by atoms with Crippen molar-refractivity contribution in [2.45, 2.75) is 45.3 Å². The lowest BCUT2D eigenvalue weighted by atomic mass is 9.85. The number of hydrogen-bond donors (Lipinski definition) is 2. The molecular weight excluding hydrogens is 233 g/mol. The molecule has 1 fully saturated rings. The maximum absolute atomic E-state index is 13.0. The maximum atomic E-state index is 13.0. The molecule has 1 amide bonds. The molecule has 0 aromatic rings. The van der Waals surface area contributed by atoms with Gasteiger partial charge >= 0.3 is 6.18 Å². The maximum Gasteiger partial charge on any atom is 0.404 e. The third-order valence-corrected chi connectivity index (χ3v) is 3.23. The van der Waals surface area contributed by atoms with Gasteiger partial charge in [-0.15, -0.1) is 0 Å². The number of alkyl halides is 3. The van der Waals surface area contributed by atoms with Crippen molar-refractivity contribution < 1.29 is 18.0 Å². The Hall–Kier alpha value is -0.780. The van der Waals surface area contributed by atoms with Crippen LogP contribution in [0.5, 0.6) is 0 Å². The van der Waals surface area contributed by atoms with Gasteiger partial charge in [0.2, 0.25) is 5.91 Å². The number of carbonyl (C=O) groups is 1. The summed E-state index contributed by atoms with van der Waals surface area (Å²) < 4.78 is 39.0. The molecule has 1 aliphatic heterocycles. The molecule has 0 spiro atoms. The van der Waals surface area contributed by atoms with Gasteiger partial charge in [-0.3, -0.25) is 4.79 Å². The highest BCUT2D eigenvalue weighted by molar-refractivity contribution is 5.84. The average Bonchev–Trinajstić information content (AvgIpc) is 2.66. The van der Waals surface area contributed by atoms with E-state index in [0.717, 1.165) is 6.42 Å². The van der Waals surface area contributed by atoms with Crippen molar-refractivity contribution in [1.82, 2.24) is 10.6 Å². The van der Waals surface area contributed by atoms with Crippen LogP contribution in [0.3, 0.4) is 0 Å². The molecule has 6 heteroatoms. The van der Waals surface area contributed by atoms with Crippen molar-refractivity contribution in [3.05, 3.63) is 0 Å². The Balaban J connectivity index is 2.75. The summed E-state index contributed by atoms with van der Waals surface area (Å²) in [6.45, 7) is 3.57. The zero-order chi connectivity index (χ0) is 13.1. The molecule has 1 heterocycles. The molecular formula is C11H19F3N2O. The Morgan fingerprint density at radius 3 is 2.59 bits per heavy atom. The Morgan fingerprint density at radius 2 is 2.18 bits per heavy atom. The minimum atomic E-state index is -4.49. The third kappa shape index (κ3) is 2.91. The lowest BCUT2D eigenvalue weighted by Gasteiger charge is -2.30.